The Bertz CT molecular complexity index is 930. The molecule has 25 heavy (non-hydrogen) atoms. The molecule has 0 spiro atoms. The lowest BCUT2D eigenvalue weighted by Gasteiger charge is -2.36. The number of thiazole rings is 1. The smallest absolute Gasteiger partial charge is 0.274 e. The molecule has 0 radical (unpaired) electrons. The molecule has 0 saturated carbocycles. The molecule has 4 heterocycles. The molecular formula is C17H19N5O2S. The van der Waals surface area contributed by atoms with Crippen LogP contribution in [-0.2, 0) is 6.54 Å². The number of fused-ring (bicyclic) bond motifs is 1. The van der Waals surface area contributed by atoms with Crippen LogP contribution in [0.1, 0.15) is 36.2 Å². The van der Waals surface area contributed by atoms with Gasteiger partial charge in [0.05, 0.1) is 0 Å². The van der Waals surface area contributed by atoms with Crippen LogP contribution in [0.15, 0.2) is 40.9 Å². The molecule has 3 aromatic rings. The van der Waals surface area contributed by atoms with E-state index in [0.717, 1.165) is 38.8 Å². The third kappa shape index (κ3) is 3.21. The van der Waals surface area contributed by atoms with Crippen molar-refractivity contribution in [2.75, 3.05) is 6.54 Å². The van der Waals surface area contributed by atoms with Gasteiger partial charge in [-0.3, -0.25) is 18.7 Å². The van der Waals surface area contributed by atoms with E-state index in [-0.39, 0.29) is 17.5 Å². The van der Waals surface area contributed by atoms with Gasteiger partial charge < -0.3 is 4.90 Å². The number of hydrogen-bond acceptors (Lipinski definition) is 5. The van der Waals surface area contributed by atoms with Crippen molar-refractivity contribution in [3.8, 4) is 0 Å². The summed E-state index contributed by atoms with van der Waals surface area (Å²) in [5.41, 5.74) is 0.0399. The predicted molar refractivity (Wildman–Crippen MR) is 94.9 cm³/mol. The van der Waals surface area contributed by atoms with Crippen molar-refractivity contribution in [2.45, 2.75) is 38.3 Å². The highest BCUT2D eigenvalue weighted by Gasteiger charge is 2.29. The van der Waals surface area contributed by atoms with E-state index >= 15 is 0 Å². The van der Waals surface area contributed by atoms with Gasteiger partial charge in [0.25, 0.3) is 11.5 Å². The zero-order valence-corrected chi connectivity index (χ0v) is 14.6. The summed E-state index contributed by atoms with van der Waals surface area (Å²) in [6, 6.07) is 3.42. The zero-order chi connectivity index (χ0) is 17.2. The largest absolute Gasteiger partial charge is 0.334 e. The average Bonchev–Trinajstić information content (AvgIpc) is 3.30. The molecule has 4 rings (SSSR count). The summed E-state index contributed by atoms with van der Waals surface area (Å²) >= 11 is 1.36. The Labute approximate surface area is 148 Å². The van der Waals surface area contributed by atoms with Gasteiger partial charge in [-0.2, -0.15) is 10.1 Å². The number of carbonyl (C=O) groups is 1. The molecule has 1 amide bonds. The number of nitrogens with zero attached hydrogens (tertiary/aromatic N) is 5. The fourth-order valence-corrected chi connectivity index (χ4v) is 4.16. The van der Waals surface area contributed by atoms with E-state index in [4.69, 9.17) is 0 Å². The van der Waals surface area contributed by atoms with E-state index in [0.29, 0.717) is 10.7 Å². The highest BCUT2D eigenvalue weighted by molar-refractivity contribution is 7.15. The van der Waals surface area contributed by atoms with Gasteiger partial charge in [0, 0.05) is 49.2 Å². The molecule has 0 N–H and O–H groups in total. The Hall–Kier alpha value is -2.48. The van der Waals surface area contributed by atoms with Crippen LogP contribution in [0.5, 0.6) is 0 Å². The summed E-state index contributed by atoms with van der Waals surface area (Å²) in [6.07, 6.45) is 9.46. The summed E-state index contributed by atoms with van der Waals surface area (Å²) in [5, 5.41) is 6.07. The summed E-state index contributed by atoms with van der Waals surface area (Å²) in [6.45, 7) is 1.51. The fraction of sp³-hybridized carbons (Fsp3) is 0.412. The molecule has 1 atom stereocenters. The standard InChI is InChI=1S/C17H19N5O2S/c23-15-12-14(22-10-11-25-17(22)19-15)16(24)21-8-2-1-4-13(21)5-9-20-7-3-6-18-20/h3,6-7,10-13H,1-2,4-5,8-9H2/t13-/m1/s1. The normalized spacial score (nSPS) is 17.9. The lowest BCUT2D eigenvalue weighted by atomic mass is 9.98. The van der Waals surface area contributed by atoms with E-state index in [1.54, 1.807) is 16.8 Å². The van der Waals surface area contributed by atoms with Crippen LogP contribution in [-0.4, -0.2) is 42.6 Å². The maximum Gasteiger partial charge on any atom is 0.274 e. The van der Waals surface area contributed by atoms with Crippen LogP contribution in [0, 0.1) is 0 Å². The molecule has 1 aliphatic heterocycles. The minimum absolute atomic E-state index is 0.0851. The van der Waals surface area contributed by atoms with Gasteiger partial charge in [0.1, 0.15) is 5.69 Å². The van der Waals surface area contributed by atoms with E-state index in [1.165, 1.54) is 17.4 Å². The number of hydrogen-bond donors (Lipinski definition) is 0. The summed E-state index contributed by atoms with van der Waals surface area (Å²) in [5.74, 6) is -0.0851. The van der Waals surface area contributed by atoms with Crippen LogP contribution in [0.25, 0.3) is 4.96 Å². The van der Waals surface area contributed by atoms with Crippen molar-refractivity contribution >= 4 is 22.2 Å². The first-order valence-corrected chi connectivity index (χ1v) is 9.35. The Kier molecular flexibility index (Phi) is 4.35. The molecular weight excluding hydrogens is 338 g/mol. The first-order chi connectivity index (χ1) is 12.2. The number of aryl methyl sites for hydroxylation is 1. The summed E-state index contributed by atoms with van der Waals surface area (Å²) in [4.78, 5) is 31.4. The number of likely N-dealkylation sites (tertiary alicyclic amines) is 1. The van der Waals surface area contributed by atoms with Crippen molar-refractivity contribution in [3.63, 3.8) is 0 Å². The van der Waals surface area contributed by atoms with Crippen molar-refractivity contribution < 1.29 is 4.79 Å². The maximum atomic E-state index is 13.2. The zero-order valence-electron chi connectivity index (χ0n) is 13.7. The highest BCUT2D eigenvalue weighted by Crippen LogP contribution is 2.23. The second-order valence-corrected chi connectivity index (χ2v) is 7.11. The minimum Gasteiger partial charge on any atom is -0.334 e. The van der Waals surface area contributed by atoms with E-state index in [2.05, 4.69) is 10.1 Å². The predicted octanol–water partition coefficient (Wildman–Crippen LogP) is 2.04. The molecule has 3 aromatic heterocycles. The van der Waals surface area contributed by atoms with Gasteiger partial charge >= 0.3 is 0 Å². The number of piperidine rings is 1. The molecule has 8 heteroatoms. The number of aromatic nitrogens is 4. The van der Waals surface area contributed by atoms with E-state index in [9.17, 15) is 9.59 Å². The third-order valence-corrected chi connectivity index (χ3v) is 5.43. The average molecular weight is 357 g/mol. The van der Waals surface area contributed by atoms with Gasteiger partial charge in [-0.05, 0) is 31.7 Å². The molecule has 0 aliphatic carbocycles. The molecule has 0 bridgehead atoms. The lowest BCUT2D eigenvalue weighted by Crippen LogP contribution is -2.45. The molecule has 1 fully saturated rings. The van der Waals surface area contributed by atoms with Crippen LogP contribution in [0.4, 0.5) is 0 Å². The highest BCUT2D eigenvalue weighted by atomic mass is 32.1. The van der Waals surface area contributed by atoms with Gasteiger partial charge in [0.2, 0.25) is 0 Å². The lowest BCUT2D eigenvalue weighted by molar-refractivity contribution is 0.0586. The first kappa shape index (κ1) is 16.0. The van der Waals surface area contributed by atoms with Crippen molar-refractivity contribution in [2.24, 2.45) is 0 Å². The molecule has 130 valence electrons. The molecule has 1 aliphatic rings. The van der Waals surface area contributed by atoms with E-state index < -0.39 is 0 Å². The Balaban J connectivity index is 1.59. The van der Waals surface area contributed by atoms with Crippen molar-refractivity contribution in [1.29, 1.82) is 0 Å². The van der Waals surface area contributed by atoms with Gasteiger partial charge in [0.15, 0.2) is 4.96 Å². The summed E-state index contributed by atoms with van der Waals surface area (Å²) < 4.78 is 3.61. The Morgan fingerprint density at radius 3 is 3.08 bits per heavy atom. The van der Waals surface area contributed by atoms with Crippen molar-refractivity contribution in [3.05, 3.63) is 52.2 Å². The number of amides is 1. The second kappa shape index (κ2) is 6.79. The van der Waals surface area contributed by atoms with Crippen LogP contribution >= 0.6 is 11.3 Å². The Morgan fingerprint density at radius 2 is 2.24 bits per heavy atom. The maximum absolute atomic E-state index is 13.2. The van der Waals surface area contributed by atoms with Gasteiger partial charge in [-0.1, -0.05) is 0 Å². The molecule has 0 aromatic carbocycles. The number of rotatable bonds is 4. The summed E-state index contributed by atoms with van der Waals surface area (Å²) in [7, 11) is 0. The first-order valence-electron chi connectivity index (χ1n) is 8.48. The number of carbonyl (C=O) groups excluding carboxylic acids is 1. The third-order valence-electron chi connectivity index (χ3n) is 4.67. The fourth-order valence-electron chi connectivity index (χ4n) is 3.44. The van der Waals surface area contributed by atoms with Gasteiger partial charge in [-0.25, -0.2) is 0 Å². The van der Waals surface area contributed by atoms with Crippen LogP contribution < -0.4 is 5.56 Å². The molecule has 0 unspecified atom stereocenters. The van der Waals surface area contributed by atoms with Crippen LogP contribution in [0.3, 0.4) is 0 Å². The minimum atomic E-state index is -0.365. The molecule has 1 saturated heterocycles. The molecule has 7 nitrogen and oxygen atoms in total. The topological polar surface area (TPSA) is 72.5 Å². The van der Waals surface area contributed by atoms with Crippen LogP contribution in [0.2, 0.25) is 0 Å². The van der Waals surface area contributed by atoms with Gasteiger partial charge in [-0.15, -0.1) is 11.3 Å². The second-order valence-electron chi connectivity index (χ2n) is 6.24. The SMILES string of the molecule is O=C(c1cc(=O)nc2sccn12)N1CCCC[C@@H]1CCn1cccn1. The quantitative estimate of drug-likeness (QED) is 0.716. The van der Waals surface area contributed by atoms with Crippen molar-refractivity contribution in [1.82, 2.24) is 24.1 Å². The van der Waals surface area contributed by atoms with E-state index in [1.807, 2.05) is 27.2 Å². The monoisotopic (exact) mass is 357 g/mol. The Morgan fingerprint density at radius 1 is 1.32 bits per heavy atom.